The van der Waals surface area contributed by atoms with Crippen LogP contribution < -0.4 is 0 Å². The number of rotatable bonds is 2. The Kier molecular flexibility index (Phi) is 4.20. The van der Waals surface area contributed by atoms with Gasteiger partial charge in [0.05, 0.1) is 10.5 Å². The summed E-state index contributed by atoms with van der Waals surface area (Å²) < 4.78 is 29.1. The van der Waals surface area contributed by atoms with E-state index in [1.54, 1.807) is 19.1 Å². The Hall–Kier alpha value is -1.03. The summed E-state index contributed by atoms with van der Waals surface area (Å²) in [7, 11) is -1.36. The first kappa shape index (κ1) is 14.0. The van der Waals surface area contributed by atoms with E-state index in [-0.39, 0.29) is 5.82 Å². The Balaban J connectivity index is 3.12. The molecule has 0 radical (unpaired) electrons. The summed E-state index contributed by atoms with van der Waals surface area (Å²) in [6, 6.07) is 4.82. The summed E-state index contributed by atoms with van der Waals surface area (Å²) in [6.07, 6.45) is 0. The zero-order valence-corrected chi connectivity index (χ0v) is 11.7. The van der Waals surface area contributed by atoms with Crippen LogP contribution in [-0.4, -0.2) is 14.7 Å². The maximum Gasteiger partial charge on any atom is 0.145 e. The van der Waals surface area contributed by atoms with Gasteiger partial charge in [0, 0.05) is 5.56 Å². The molecule has 0 unspecified atom stereocenters. The fraction of sp³-hybridized carbons (Fsp3) is 0.462. The van der Waals surface area contributed by atoms with Gasteiger partial charge in [0.25, 0.3) is 0 Å². The highest BCUT2D eigenvalue weighted by Crippen LogP contribution is 2.16. The number of nitrogens with zero attached hydrogens (tertiary/aromatic N) is 1. The van der Waals surface area contributed by atoms with Gasteiger partial charge in [-0.1, -0.05) is 11.6 Å². The van der Waals surface area contributed by atoms with Crippen molar-refractivity contribution in [3.8, 4) is 0 Å². The Morgan fingerprint density at radius 1 is 1.35 bits per heavy atom. The fourth-order valence-corrected chi connectivity index (χ4v) is 1.85. The van der Waals surface area contributed by atoms with Crippen molar-refractivity contribution >= 4 is 16.7 Å². The van der Waals surface area contributed by atoms with Gasteiger partial charge in [0.1, 0.15) is 16.8 Å². The summed E-state index contributed by atoms with van der Waals surface area (Å²) in [5.41, 5.74) is 1.85. The first-order chi connectivity index (χ1) is 7.71. The molecule has 0 aliphatic rings. The van der Waals surface area contributed by atoms with Gasteiger partial charge in [0.2, 0.25) is 0 Å². The van der Waals surface area contributed by atoms with Crippen LogP contribution in [0.5, 0.6) is 0 Å². The number of hydrogen-bond donors (Lipinski definition) is 0. The number of benzene rings is 1. The van der Waals surface area contributed by atoms with Crippen molar-refractivity contribution in [2.45, 2.75) is 39.4 Å². The van der Waals surface area contributed by atoms with Crippen molar-refractivity contribution < 1.29 is 8.60 Å². The van der Waals surface area contributed by atoms with E-state index < -0.39 is 15.7 Å². The first-order valence-corrected chi connectivity index (χ1v) is 6.56. The van der Waals surface area contributed by atoms with E-state index in [2.05, 4.69) is 4.40 Å². The Morgan fingerprint density at radius 3 is 2.47 bits per heavy atom. The smallest absolute Gasteiger partial charge is 0.145 e. The number of hydrogen-bond acceptors (Lipinski definition) is 1. The molecule has 0 N–H and O–H groups in total. The minimum atomic E-state index is -1.36. The molecule has 0 saturated heterocycles. The molecule has 0 heterocycles. The van der Waals surface area contributed by atoms with Gasteiger partial charge in [-0.05, 0) is 46.8 Å². The maximum absolute atomic E-state index is 13.6. The fourth-order valence-electron chi connectivity index (χ4n) is 1.23. The average molecular weight is 255 g/mol. The standard InChI is InChI=1S/C13H18FNOS/c1-9-6-7-12(14)11(8-9)10(2)15-17(16)13(3,4)5/h6-8H,1-5H3/t17-/m1/s1. The monoisotopic (exact) mass is 255 g/mol. The maximum atomic E-state index is 13.6. The number of halogens is 1. The second kappa shape index (κ2) is 5.08. The predicted octanol–water partition coefficient (Wildman–Crippen LogP) is 3.41. The van der Waals surface area contributed by atoms with E-state index in [9.17, 15) is 8.60 Å². The van der Waals surface area contributed by atoms with E-state index in [1.165, 1.54) is 6.07 Å². The third-order valence-corrected chi connectivity index (χ3v) is 3.74. The SMILES string of the molecule is CC(=N[S@](=O)C(C)(C)C)c1cc(C)ccc1F. The lowest BCUT2D eigenvalue weighted by Crippen LogP contribution is -2.20. The molecule has 94 valence electrons. The van der Waals surface area contributed by atoms with Crippen LogP contribution in [0.2, 0.25) is 0 Å². The quantitative estimate of drug-likeness (QED) is 0.745. The predicted molar refractivity (Wildman–Crippen MR) is 71.2 cm³/mol. The highest BCUT2D eigenvalue weighted by Gasteiger charge is 2.19. The molecule has 2 nitrogen and oxygen atoms in total. The van der Waals surface area contributed by atoms with Crippen LogP contribution in [-0.2, 0) is 11.0 Å². The molecule has 0 saturated carbocycles. The molecule has 4 heteroatoms. The van der Waals surface area contributed by atoms with Gasteiger partial charge in [-0.3, -0.25) is 0 Å². The summed E-state index contributed by atoms with van der Waals surface area (Å²) in [5.74, 6) is -0.331. The molecule has 1 rings (SSSR count). The van der Waals surface area contributed by atoms with E-state index in [0.717, 1.165) is 5.56 Å². The molecule has 1 aromatic carbocycles. The minimum absolute atomic E-state index is 0.331. The van der Waals surface area contributed by atoms with Crippen molar-refractivity contribution in [1.82, 2.24) is 0 Å². The number of aryl methyl sites for hydroxylation is 1. The molecule has 1 aromatic rings. The molecular weight excluding hydrogens is 237 g/mol. The molecule has 17 heavy (non-hydrogen) atoms. The summed E-state index contributed by atoms with van der Waals surface area (Å²) in [4.78, 5) is 0. The van der Waals surface area contributed by atoms with Gasteiger partial charge in [-0.2, -0.15) is 4.40 Å². The molecule has 0 amide bonds. The molecule has 0 fully saturated rings. The molecule has 1 atom stereocenters. The Morgan fingerprint density at radius 2 is 1.94 bits per heavy atom. The van der Waals surface area contributed by atoms with Crippen molar-refractivity contribution in [3.05, 3.63) is 35.1 Å². The van der Waals surface area contributed by atoms with Crippen LogP contribution in [0, 0.1) is 12.7 Å². The van der Waals surface area contributed by atoms with Crippen molar-refractivity contribution in [1.29, 1.82) is 0 Å². The van der Waals surface area contributed by atoms with Gasteiger partial charge in [0.15, 0.2) is 0 Å². The summed E-state index contributed by atoms with van der Waals surface area (Å²) in [5, 5.41) is 0. The molecule has 0 spiro atoms. The average Bonchev–Trinajstić information content (AvgIpc) is 2.20. The highest BCUT2D eigenvalue weighted by atomic mass is 32.2. The first-order valence-electron chi connectivity index (χ1n) is 5.45. The van der Waals surface area contributed by atoms with Crippen molar-refractivity contribution in [2.75, 3.05) is 0 Å². The topological polar surface area (TPSA) is 29.4 Å². The van der Waals surface area contributed by atoms with Gasteiger partial charge in [-0.25, -0.2) is 8.60 Å². The van der Waals surface area contributed by atoms with Crippen LogP contribution in [0.3, 0.4) is 0 Å². The largest absolute Gasteiger partial charge is 0.234 e. The lowest BCUT2D eigenvalue weighted by Gasteiger charge is -2.14. The molecule has 0 aromatic heterocycles. The Labute approximate surface area is 105 Å². The van der Waals surface area contributed by atoms with Crippen LogP contribution in [0.25, 0.3) is 0 Å². The van der Waals surface area contributed by atoms with E-state index in [4.69, 9.17) is 0 Å². The minimum Gasteiger partial charge on any atom is -0.234 e. The lowest BCUT2D eigenvalue weighted by atomic mass is 10.1. The highest BCUT2D eigenvalue weighted by molar-refractivity contribution is 7.85. The molecule has 0 aliphatic heterocycles. The molecule has 0 bridgehead atoms. The van der Waals surface area contributed by atoms with Crippen LogP contribution >= 0.6 is 0 Å². The van der Waals surface area contributed by atoms with Crippen LogP contribution in [0.4, 0.5) is 4.39 Å². The van der Waals surface area contributed by atoms with Gasteiger partial charge >= 0.3 is 0 Å². The van der Waals surface area contributed by atoms with E-state index in [0.29, 0.717) is 11.3 Å². The van der Waals surface area contributed by atoms with Crippen molar-refractivity contribution in [2.24, 2.45) is 4.40 Å². The Bertz CT molecular complexity index is 475. The zero-order valence-electron chi connectivity index (χ0n) is 10.9. The van der Waals surface area contributed by atoms with Gasteiger partial charge in [-0.15, -0.1) is 0 Å². The van der Waals surface area contributed by atoms with Crippen molar-refractivity contribution in [3.63, 3.8) is 0 Å². The van der Waals surface area contributed by atoms with E-state index >= 15 is 0 Å². The summed E-state index contributed by atoms with van der Waals surface area (Å²) >= 11 is 0. The normalized spacial score (nSPS) is 14.8. The second-order valence-electron chi connectivity index (χ2n) is 5.02. The summed E-state index contributed by atoms with van der Waals surface area (Å²) in [6.45, 7) is 9.09. The van der Waals surface area contributed by atoms with Gasteiger partial charge < -0.3 is 0 Å². The lowest BCUT2D eigenvalue weighted by molar-refractivity contribution is 0.624. The second-order valence-corrected chi connectivity index (χ2v) is 6.93. The third-order valence-electron chi connectivity index (χ3n) is 2.26. The molecule has 0 aliphatic carbocycles. The van der Waals surface area contributed by atoms with Crippen LogP contribution in [0.1, 0.15) is 38.8 Å². The zero-order chi connectivity index (χ0) is 13.2. The third kappa shape index (κ3) is 3.73. The molecular formula is C13H18FNOS. The van der Waals surface area contributed by atoms with E-state index in [1.807, 2.05) is 27.7 Å². The van der Waals surface area contributed by atoms with Crippen LogP contribution in [0.15, 0.2) is 22.6 Å².